The first-order valence-corrected chi connectivity index (χ1v) is 8.23. The topological polar surface area (TPSA) is 35.5 Å². The fraction of sp³-hybridized carbons (Fsp3) is 0.188. The maximum absolute atomic E-state index is 12.6. The number of halogens is 1. The van der Waals surface area contributed by atoms with Crippen molar-refractivity contribution in [3.63, 3.8) is 0 Å². The van der Waals surface area contributed by atoms with E-state index in [0.29, 0.717) is 27.1 Å². The molecule has 0 aliphatic heterocycles. The first-order valence-electron chi connectivity index (χ1n) is 6.21. The summed E-state index contributed by atoms with van der Waals surface area (Å²) in [4.78, 5) is 13.7. The molecule has 2 aromatic carbocycles. The normalized spacial score (nSPS) is 10.3. The van der Waals surface area contributed by atoms with Crippen LogP contribution in [0.2, 0.25) is 0 Å². The third-order valence-corrected chi connectivity index (χ3v) is 4.58. The van der Waals surface area contributed by atoms with Crippen molar-refractivity contribution in [2.24, 2.45) is 0 Å². The van der Waals surface area contributed by atoms with E-state index < -0.39 is 0 Å². The molecule has 5 heteroatoms. The lowest BCUT2D eigenvalue weighted by atomic mass is 10.0. The number of methoxy groups -OCH3 is 2. The van der Waals surface area contributed by atoms with Crippen LogP contribution in [0.5, 0.6) is 11.5 Å². The fourth-order valence-corrected chi connectivity index (χ4v) is 3.05. The third kappa shape index (κ3) is 3.24. The number of rotatable bonds is 5. The molecular formula is C16H15BrO3S. The van der Waals surface area contributed by atoms with Crippen LogP contribution in [0.3, 0.4) is 0 Å². The molecule has 0 spiro atoms. The molecule has 0 amide bonds. The van der Waals surface area contributed by atoms with Crippen LogP contribution in [0.1, 0.15) is 15.9 Å². The maximum Gasteiger partial charge on any atom is 0.196 e. The van der Waals surface area contributed by atoms with Gasteiger partial charge < -0.3 is 9.47 Å². The number of carbonyl (C=O) groups is 1. The van der Waals surface area contributed by atoms with Crippen molar-refractivity contribution in [2.75, 3.05) is 20.5 Å². The Balaban J connectivity index is 2.45. The lowest BCUT2D eigenvalue weighted by molar-refractivity contribution is 0.103. The van der Waals surface area contributed by atoms with Gasteiger partial charge in [-0.25, -0.2) is 0 Å². The Hall–Kier alpha value is -1.46. The number of ether oxygens (including phenoxy) is 2. The molecule has 0 saturated heterocycles. The van der Waals surface area contributed by atoms with E-state index in [2.05, 4.69) is 15.9 Å². The maximum atomic E-state index is 12.6. The highest BCUT2D eigenvalue weighted by molar-refractivity contribution is 9.10. The minimum absolute atomic E-state index is 0.0807. The highest BCUT2D eigenvalue weighted by atomic mass is 79.9. The molecular weight excluding hydrogens is 352 g/mol. The number of hydrogen-bond acceptors (Lipinski definition) is 4. The van der Waals surface area contributed by atoms with Crippen molar-refractivity contribution in [1.82, 2.24) is 0 Å². The number of thioether (sulfide) groups is 1. The summed E-state index contributed by atoms with van der Waals surface area (Å²) in [5, 5.41) is 0. The molecule has 0 bridgehead atoms. The van der Waals surface area contributed by atoms with Gasteiger partial charge in [0, 0.05) is 10.5 Å². The molecule has 0 aliphatic rings. The molecule has 0 fully saturated rings. The molecule has 0 N–H and O–H groups in total. The zero-order chi connectivity index (χ0) is 15.4. The highest BCUT2D eigenvalue weighted by Crippen LogP contribution is 2.38. The zero-order valence-electron chi connectivity index (χ0n) is 12.0. The van der Waals surface area contributed by atoms with Gasteiger partial charge >= 0.3 is 0 Å². The van der Waals surface area contributed by atoms with Crippen LogP contribution in [0.15, 0.2) is 45.8 Å². The summed E-state index contributed by atoms with van der Waals surface area (Å²) in [6, 6.07) is 11.0. The van der Waals surface area contributed by atoms with Gasteiger partial charge in [-0.1, -0.05) is 0 Å². The molecule has 110 valence electrons. The molecule has 0 saturated carbocycles. The predicted molar refractivity (Wildman–Crippen MR) is 88.9 cm³/mol. The van der Waals surface area contributed by atoms with E-state index in [1.165, 1.54) is 7.11 Å². The van der Waals surface area contributed by atoms with E-state index >= 15 is 0 Å². The predicted octanol–water partition coefficient (Wildman–Crippen LogP) is 4.42. The molecule has 0 atom stereocenters. The van der Waals surface area contributed by atoms with Crippen LogP contribution >= 0.6 is 27.7 Å². The standard InChI is InChI=1S/C16H15BrO3S/c1-19-13-9-8-12(16(20-2)14(13)17)15(18)10-4-6-11(21-3)7-5-10/h4-9H,1-3H3. The first kappa shape index (κ1) is 15.9. The molecule has 3 nitrogen and oxygen atoms in total. The van der Waals surface area contributed by atoms with Crippen molar-refractivity contribution >= 4 is 33.5 Å². The second-order valence-electron chi connectivity index (χ2n) is 4.22. The molecule has 0 unspecified atom stereocenters. The Morgan fingerprint density at radius 3 is 2.24 bits per heavy atom. The van der Waals surface area contributed by atoms with Crippen molar-refractivity contribution in [2.45, 2.75) is 4.90 Å². The summed E-state index contributed by atoms with van der Waals surface area (Å²) >= 11 is 5.05. The molecule has 0 aliphatic carbocycles. The van der Waals surface area contributed by atoms with Gasteiger partial charge in [-0.15, -0.1) is 11.8 Å². The van der Waals surface area contributed by atoms with Gasteiger partial charge in [0.25, 0.3) is 0 Å². The van der Waals surface area contributed by atoms with Crippen LogP contribution < -0.4 is 9.47 Å². The molecule has 2 aromatic rings. The van der Waals surface area contributed by atoms with Gasteiger partial charge in [0.1, 0.15) is 16.0 Å². The minimum atomic E-state index is -0.0807. The van der Waals surface area contributed by atoms with Gasteiger partial charge in [0.15, 0.2) is 5.78 Å². The van der Waals surface area contributed by atoms with Crippen LogP contribution in [0.25, 0.3) is 0 Å². The second kappa shape index (κ2) is 7.00. The molecule has 0 heterocycles. The Morgan fingerprint density at radius 1 is 1.05 bits per heavy atom. The van der Waals surface area contributed by atoms with E-state index in [9.17, 15) is 4.79 Å². The zero-order valence-corrected chi connectivity index (χ0v) is 14.4. The van der Waals surface area contributed by atoms with Crippen LogP contribution in [0, 0.1) is 0 Å². The van der Waals surface area contributed by atoms with Gasteiger partial charge in [-0.05, 0) is 58.6 Å². The SMILES string of the molecule is COc1ccc(C(=O)c2ccc(SC)cc2)c(OC)c1Br. The van der Waals surface area contributed by atoms with E-state index in [-0.39, 0.29) is 5.78 Å². The smallest absolute Gasteiger partial charge is 0.196 e. The monoisotopic (exact) mass is 366 g/mol. The third-order valence-electron chi connectivity index (χ3n) is 3.08. The van der Waals surface area contributed by atoms with E-state index in [1.54, 1.807) is 31.0 Å². The second-order valence-corrected chi connectivity index (χ2v) is 5.89. The average Bonchev–Trinajstić information content (AvgIpc) is 2.54. The quantitative estimate of drug-likeness (QED) is 0.579. The average molecular weight is 367 g/mol. The van der Waals surface area contributed by atoms with Crippen LogP contribution in [-0.4, -0.2) is 26.3 Å². The highest BCUT2D eigenvalue weighted by Gasteiger charge is 2.19. The number of carbonyl (C=O) groups excluding carboxylic acids is 1. The Bertz CT molecular complexity index is 653. The van der Waals surface area contributed by atoms with Crippen LogP contribution in [0.4, 0.5) is 0 Å². The van der Waals surface area contributed by atoms with E-state index in [1.807, 2.05) is 30.5 Å². The Kier molecular flexibility index (Phi) is 5.31. The number of ketones is 1. The van der Waals surface area contributed by atoms with Crippen molar-refractivity contribution in [3.05, 3.63) is 52.0 Å². The summed E-state index contributed by atoms with van der Waals surface area (Å²) in [6.07, 6.45) is 2.00. The largest absolute Gasteiger partial charge is 0.495 e. The van der Waals surface area contributed by atoms with E-state index in [0.717, 1.165) is 4.90 Å². The molecule has 0 aromatic heterocycles. The van der Waals surface area contributed by atoms with Crippen molar-refractivity contribution in [1.29, 1.82) is 0 Å². The number of hydrogen-bond donors (Lipinski definition) is 0. The van der Waals surface area contributed by atoms with E-state index in [4.69, 9.17) is 9.47 Å². The fourth-order valence-electron chi connectivity index (χ4n) is 1.97. The first-order chi connectivity index (χ1) is 10.1. The molecule has 21 heavy (non-hydrogen) atoms. The van der Waals surface area contributed by atoms with Crippen molar-refractivity contribution < 1.29 is 14.3 Å². The summed E-state index contributed by atoms with van der Waals surface area (Å²) in [5.74, 6) is 1.03. The molecule has 0 radical (unpaired) electrons. The summed E-state index contributed by atoms with van der Waals surface area (Å²) in [6.45, 7) is 0. The minimum Gasteiger partial charge on any atom is -0.495 e. The lowest BCUT2D eigenvalue weighted by Gasteiger charge is -2.12. The van der Waals surface area contributed by atoms with Gasteiger partial charge in [0.05, 0.1) is 19.8 Å². The number of benzene rings is 2. The summed E-state index contributed by atoms with van der Waals surface area (Å²) in [5.41, 5.74) is 1.13. The lowest BCUT2D eigenvalue weighted by Crippen LogP contribution is -2.05. The van der Waals surface area contributed by atoms with Gasteiger partial charge in [0.2, 0.25) is 0 Å². The van der Waals surface area contributed by atoms with Gasteiger partial charge in [-0.2, -0.15) is 0 Å². The Labute approximate surface area is 136 Å². The summed E-state index contributed by atoms with van der Waals surface area (Å²) in [7, 11) is 3.11. The molecule has 2 rings (SSSR count). The van der Waals surface area contributed by atoms with Crippen LogP contribution in [-0.2, 0) is 0 Å². The van der Waals surface area contributed by atoms with Crippen molar-refractivity contribution in [3.8, 4) is 11.5 Å². The summed E-state index contributed by atoms with van der Waals surface area (Å²) < 4.78 is 11.2. The Morgan fingerprint density at radius 2 is 1.71 bits per heavy atom. The van der Waals surface area contributed by atoms with Gasteiger partial charge in [-0.3, -0.25) is 4.79 Å².